The summed E-state index contributed by atoms with van der Waals surface area (Å²) in [4.78, 5) is 15.7. The Bertz CT molecular complexity index is 1230. The molecule has 2 aliphatic rings. The molecule has 0 spiro atoms. The SMILES string of the molecule is COc1cc(O)c(C(CC(=O)N2CCCC(c3ccccc3)C2)c2ccc3c(c2)OCO3)c(OC)c1. The number of benzene rings is 3. The van der Waals surface area contributed by atoms with Gasteiger partial charge >= 0.3 is 0 Å². The van der Waals surface area contributed by atoms with Gasteiger partial charge in [0.25, 0.3) is 0 Å². The average molecular weight is 490 g/mol. The van der Waals surface area contributed by atoms with Crippen LogP contribution in [0.15, 0.2) is 60.7 Å². The van der Waals surface area contributed by atoms with Crippen molar-refractivity contribution < 1.29 is 28.8 Å². The number of rotatable bonds is 7. The molecule has 5 rings (SSSR count). The van der Waals surface area contributed by atoms with Gasteiger partial charge in [0.05, 0.1) is 14.2 Å². The van der Waals surface area contributed by atoms with Crippen LogP contribution >= 0.6 is 0 Å². The number of aromatic hydroxyl groups is 1. The minimum Gasteiger partial charge on any atom is -0.507 e. The van der Waals surface area contributed by atoms with Crippen molar-refractivity contribution in [3.8, 4) is 28.7 Å². The molecule has 0 aliphatic carbocycles. The number of hydrogen-bond acceptors (Lipinski definition) is 6. The quantitative estimate of drug-likeness (QED) is 0.500. The lowest BCUT2D eigenvalue weighted by molar-refractivity contribution is -0.132. The number of piperidine rings is 1. The highest BCUT2D eigenvalue weighted by Crippen LogP contribution is 2.45. The minimum absolute atomic E-state index is 0.0162. The molecule has 2 unspecified atom stereocenters. The lowest BCUT2D eigenvalue weighted by atomic mass is 9.85. The summed E-state index contributed by atoms with van der Waals surface area (Å²) in [6.45, 7) is 1.57. The van der Waals surface area contributed by atoms with E-state index in [-0.39, 0.29) is 24.9 Å². The van der Waals surface area contributed by atoms with Crippen molar-refractivity contribution in [2.45, 2.75) is 31.1 Å². The number of methoxy groups -OCH3 is 2. The van der Waals surface area contributed by atoms with Crippen LogP contribution in [0.1, 0.15) is 47.8 Å². The lowest BCUT2D eigenvalue weighted by Gasteiger charge is -2.34. The van der Waals surface area contributed by atoms with E-state index in [0.29, 0.717) is 41.0 Å². The van der Waals surface area contributed by atoms with Gasteiger partial charge in [-0.15, -0.1) is 0 Å². The molecule has 2 aliphatic heterocycles. The number of nitrogens with zero attached hydrogens (tertiary/aromatic N) is 1. The summed E-state index contributed by atoms with van der Waals surface area (Å²) in [7, 11) is 3.08. The van der Waals surface area contributed by atoms with Crippen LogP contribution in [0.5, 0.6) is 28.7 Å². The lowest BCUT2D eigenvalue weighted by Crippen LogP contribution is -2.39. The second kappa shape index (κ2) is 10.4. The molecule has 7 heteroatoms. The molecule has 2 atom stereocenters. The van der Waals surface area contributed by atoms with E-state index in [2.05, 4.69) is 12.1 Å². The number of hydrogen-bond donors (Lipinski definition) is 1. The maximum atomic E-state index is 13.7. The molecular formula is C29H31NO6. The highest BCUT2D eigenvalue weighted by atomic mass is 16.7. The van der Waals surface area contributed by atoms with E-state index in [1.807, 2.05) is 41.3 Å². The molecule has 0 aromatic heterocycles. The van der Waals surface area contributed by atoms with E-state index in [1.54, 1.807) is 19.2 Å². The Labute approximate surface area is 211 Å². The topological polar surface area (TPSA) is 77.5 Å². The van der Waals surface area contributed by atoms with Crippen LogP contribution < -0.4 is 18.9 Å². The molecule has 7 nitrogen and oxygen atoms in total. The largest absolute Gasteiger partial charge is 0.507 e. The Hall–Kier alpha value is -3.87. The molecule has 36 heavy (non-hydrogen) atoms. The van der Waals surface area contributed by atoms with Gasteiger partial charge in [0.1, 0.15) is 17.2 Å². The zero-order valence-electron chi connectivity index (χ0n) is 20.6. The second-order valence-electron chi connectivity index (χ2n) is 9.22. The van der Waals surface area contributed by atoms with E-state index >= 15 is 0 Å². The van der Waals surface area contributed by atoms with E-state index in [0.717, 1.165) is 24.9 Å². The minimum atomic E-state index is -0.454. The first-order chi connectivity index (χ1) is 17.6. The second-order valence-corrected chi connectivity index (χ2v) is 9.22. The number of ether oxygens (including phenoxy) is 4. The normalized spacial score (nSPS) is 17.5. The first kappa shape index (κ1) is 23.9. The molecule has 0 bridgehead atoms. The third kappa shape index (κ3) is 4.78. The molecule has 188 valence electrons. The fourth-order valence-electron chi connectivity index (χ4n) is 5.25. The predicted octanol–water partition coefficient (Wildman–Crippen LogP) is 5.07. The maximum Gasteiger partial charge on any atom is 0.231 e. The molecule has 0 radical (unpaired) electrons. The third-order valence-corrected chi connectivity index (χ3v) is 7.12. The molecule has 2 heterocycles. The molecule has 1 saturated heterocycles. The van der Waals surface area contributed by atoms with Crippen LogP contribution in [-0.4, -0.2) is 50.0 Å². The molecular weight excluding hydrogens is 458 g/mol. The van der Waals surface area contributed by atoms with Gasteiger partial charge in [-0.1, -0.05) is 36.4 Å². The van der Waals surface area contributed by atoms with Gasteiger partial charge in [-0.25, -0.2) is 0 Å². The van der Waals surface area contributed by atoms with E-state index < -0.39 is 5.92 Å². The van der Waals surface area contributed by atoms with Crippen LogP contribution in [0.2, 0.25) is 0 Å². The van der Waals surface area contributed by atoms with Gasteiger partial charge in [0.15, 0.2) is 11.5 Å². The van der Waals surface area contributed by atoms with Crippen molar-refractivity contribution in [3.05, 3.63) is 77.4 Å². The number of likely N-dealkylation sites (tertiary alicyclic amines) is 1. The van der Waals surface area contributed by atoms with Gasteiger partial charge in [0, 0.05) is 49.0 Å². The third-order valence-electron chi connectivity index (χ3n) is 7.12. The monoisotopic (exact) mass is 489 g/mol. The number of amides is 1. The molecule has 1 fully saturated rings. The van der Waals surface area contributed by atoms with Gasteiger partial charge in [-0.2, -0.15) is 0 Å². The number of carbonyl (C=O) groups is 1. The summed E-state index contributed by atoms with van der Waals surface area (Å²) >= 11 is 0. The maximum absolute atomic E-state index is 13.7. The molecule has 0 saturated carbocycles. The summed E-state index contributed by atoms with van der Waals surface area (Å²) in [5, 5.41) is 11.0. The summed E-state index contributed by atoms with van der Waals surface area (Å²) in [6, 6.07) is 19.3. The highest BCUT2D eigenvalue weighted by molar-refractivity contribution is 5.79. The summed E-state index contributed by atoms with van der Waals surface area (Å²) in [6.07, 6.45) is 2.20. The highest BCUT2D eigenvalue weighted by Gasteiger charge is 2.31. The molecule has 3 aromatic carbocycles. The van der Waals surface area contributed by atoms with Crippen molar-refractivity contribution in [2.75, 3.05) is 34.1 Å². The predicted molar refractivity (Wildman–Crippen MR) is 135 cm³/mol. The van der Waals surface area contributed by atoms with Gasteiger partial charge in [0.2, 0.25) is 12.7 Å². The van der Waals surface area contributed by atoms with Crippen molar-refractivity contribution in [3.63, 3.8) is 0 Å². The van der Waals surface area contributed by atoms with Crippen LogP contribution in [0.4, 0.5) is 0 Å². The van der Waals surface area contributed by atoms with E-state index in [4.69, 9.17) is 18.9 Å². The zero-order chi connectivity index (χ0) is 25.1. The number of carbonyl (C=O) groups excluding carboxylic acids is 1. The molecule has 1 N–H and O–H groups in total. The Morgan fingerprint density at radius 3 is 2.64 bits per heavy atom. The van der Waals surface area contributed by atoms with Gasteiger partial charge < -0.3 is 29.0 Å². The van der Waals surface area contributed by atoms with Crippen molar-refractivity contribution in [2.24, 2.45) is 0 Å². The van der Waals surface area contributed by atoms with E-state index in [1.165, 1.54) is 12.7 Å². The fraction of sp³-hybridized carbons (Fsp3) is 0.345. The summed E-state index contributed by atoms with van der Waals surface area (Å²) in [5.74, 6) is 2.14. The summed E-state index contributed by atoms with van der Waals surface area (Å²) in [5.41, 5.74) is 2.64. The first-order valence-electron chi connectivity index (χ1n) is 12.2. The van der Waals surface area contributed by atoms with Crippen LogP contribution in [0.3, 0.4) is 0 Å². The van der Waals surface area contributed by atoms with Crippen LogP contribution in [-0.2, 0) is 4.79 Å². The summed E-state index contributed by atoms with van der Waals surface area (Å²) < 4.78 is 22.0. The molecule has 3 aromatic rings. The van der Waals surface area contributed by atoms with Crippen LogP contribution in [0.25, 0.3) is 0 Å². The smallest absolute Gasteiger partial charge is 0.231 e. The number of phenolic OH excluding ortho intramolecular Hbond substituents is 1. The van der Waals surface area contributed by atoms with Crippen molar-refractivity contribution >= 4 is 5.91 Å². The number of phenols is 1. The average Bonchev–Trinajstić information content (AvgIpc) is 3.40. The first-order valence-corrected chi connectivity index (χ1v) is 12.2. The van der Waals surface area contributed by atoms with Gasteiger partial charge in [-0.05, 0) is 36.1 Å². The van der Waals surface area contributed by atoms with Gasteiger partial charge in [-0.3, -0.25) is 4.79 Å². The van der Waals surface area contributed by atoms with E-state index in [9.17, 15) is 9.90 Å². The van der Waals surface area contributed by atoms with Crippen LogP contribution in [0, 0.1) is 0 Å². The van der Waals surface area contributed by atoms with Crippen molar-refractivity contribution in [1.82, 2.24) is 4.90 Å². The Morgan fingerprint density at radius 2 is 1.86 bits per heavy atom. The standard InChI is InChI=1S/C29H31NO6/c1-33-22-14-24(31)29(27(15-22)34-2)23(20-10-11-25-26(13-20)36-18-35-25)16-28(32)30-12-6-9-21(17-30)19-7-4-3-5-8-19/h3-5,7-8,10-11,13-15,21,23,31H,6,9,12,16-18H2,1-2H3. The Kier molecular flexibility index (Phi) is 6.89. The van der Waals surface area contributed by atoms with Crippen molar-refractivity contribution in [1.29, 1.82) is 0 Å². The zero-order valence-corrected chi connectivity index (χ0v) is 20.6. The fourth-order valence-corrected chi connectivity index (χ4v) is 5.25. The number of fused-ring (bicyclic) bond motifs is 1. The Morgan fingerprint density at radius 1 is 1.06 bits per heavy atom. The Balaban J connectivity index is 1.47. The molecule has 1 amide bonds.